The van der Waals surface area contributed by atoms with E-state index in [0.717, 1.165) is 16.8 Å². The van der Waals surface area contributed by atoms with E-state index in [1.807, 2.05) is 60.8 Å². The fourth-order valence-electron chi connectivity index (χ4n) is 3.05. The van der Waals surface area contributed by atoms with Crippen LogP contribution in [0.4, 0.5) is 5.13 Å². The molecule has 6 nitrogen and oxygen atoms in total. The molecule has 0 spiro atoms. The molecule has 3 rings (SSSR count). The second-order valence-electron chi connectivity index (χ2n) is 7.64. The van der Waals surface area contributed by atoms with Gasteiger partial charge in [-0.05, 0) is 36.1 Å². The van der Waals surface area contributed by atoms with E-state index in [1.165, 1.54) is 23.8 Å². The van der Waals surface area contributed by atoms with Crippen molar-refractivity contribution in [2.24, 2.45) is 0 Å². The predicted molar refractivity (Wildman–Crippen MR) is 124 cm³/mol. The number of rotatable bonds is 8. The minimum atomic E-state index is -0.256. The molecule has 0 radical (unpaired) electrons. The summed E-state index contributed by atoms with van der Waals surface area (Å²) in [6.07, 6.45) is 0. The Kier molecular flexibility index (Phi) is 7.41. The van der Waals surface area contributed by atoms with Gasteiger partial charge in [-0.3, -0.25) is 14.9 Å². The first-order chi connectivity index (χ1) is 14.8. The fraction of sp³-hybridized carbons (Fsp3) is 0.292. The third-order valence-corrected chi connectivity index (χ3v) is 5.55. The number of thiazole rings is 1. The Bertz CT molecular complexity index is 1030. The summed E-state index contributed by atoms with van der Waals surface area (Å²) in [4.78, 5) is 27.9. The van der Waals surface area contributed by atoms with Gasteiger partial charge in [-0.1, -0.05) is 50.2 Å². The van der Waals surface area contributed by atoms with Gasteiger partial charge in [0, 0.05) is 17.9 Å². The third kappa shape index (κ3) is 6.39. The summed E-state index contributed by atoms with van der Waals surface area (Å²) in [6.45, 7) is 7.63. The first-order valence-electron chi connectivity index (χ1n) is 10.2. The standard InChI is InChI=1S/C24H27N3O3S/c1-15(2)18-9-11-21(12-10-18)30-13-23(29)27-24-26-22(14-31-24)20-7-5-19(6-8-20)16(3)25-17(4)28/h5-12,14-16H,13H2,1-4H3,(H,25,28)(H,26,27,29). The Labute approximate surface area is 186 Å². The van der Waals surface area contributed by atoms with Crippen molar-refractivity contribution in [2.45, 2.75) is 39.7 Å². The molecule has 2 amide bonds. The molecule has 0 fully saturated rings. The number of carbonyl (C=O) groups excluding carboxylic acids is 2. The van der Waals surface area contributed by atoms with Crippen molar-refractivity contribution in [3.63, 3.8) is 0 Å². The number of nitrogens with one attached hydrogen (secondary N) is 2. The Morgan fingerprint density at radius 2 is 1.65 bits per heavy atom. The molecule has 31 heavy (non-hydrogen) atoms. The number of carbonyl (C=O) groups is 2. The van der Waals surface area contributed by atoms with Gasteiger partial charge in [-0.2, -0.15) is 0 Å². The highest BCUT2D eigenvalue weighted by Crippen LogP contribution is 2.26. The molecule has 0 bridgehead atoms. The predicted octanol–water partition coefficient (Wildman–Crippen LogP) is 5.15. The highest BCUT2D eigenvalue weighted by molar-refractivity contribution is 7.14. The van der Waals surface area contributed by atoms with Crippen LogP contribution < -0.4 is 15.4 Å². The van der Waals surface area contributed by atoms with Crippen LogP contribution >= 0.6 is 11.3 Å². The molecule has 2 aromatic carbocycles. The summed E-state index contributed by atoms with van der Waals surface area (Å²) >= 11 is 1.36. The number of nitrogens with zero attached hydrogens (tertiary/aromatic N) is 1. The molecule has 0 saturated heterocycles. The van der Waals surface area contributed by atoms with Gasteiger partial charge in [0.15, 0.2) is 11.7 Å². The quantitative estimate of drug-likeness (QED) is 0.511. The zero-order valence-electron chi connectivity index (χ0n) is 18.1. The molecule has 2 N–H and O–H groups in total. The van der Waals surface area contributed by atoms with Crippen LogP contribution in [0.15, 0.2) is 53.9 Å². The lowest BCUT2D eigenvalue weighted by Gasteiger charge is -2.13. The van der Waals surface area contributed by atoms with E-state index in [9.17, 15) is 9.59 Å². The van der Waals surface area contributed by atoms with Gasteiger partial charge in [0.25, 0.3) is 5.91 Å². The average Bonchev–Trinajstić information content (AvgIpc) is 3.20. The van der Waals surface area contributed by atoms with Crippen LogP contribution in [0, 0.1) is 0 Å². The van der Waals surface area contributed by atoms with Crippen LogP contribution in [0.1, 0.15) is 50.8 Å². The second-order valence-corrected chi connectivity index (χ2v) is 8.50. The van der Waals surface area contributed by atoms with Crippen LogP contribution in [-0.2, 0) is 9.59 Å². The largest absolute Gasteiger partial charge is 0.484 e. The molecule has 1 unspecified atom stereocenters. The maximum absolute atomic E-state index is 12.2. The normalized spacial score (nSPS) is 11.8. The van der Waals surface area contributed by atoms with Crippen molar-refractivity contribution in [1.82, 2.24) is 10.3 Å². The second kappa shape index (κ2) is 10.2. The number of benzene rings is 2. The minimum absolute atomic E-state index is 0.0570. The third-order valence-electron chi connectivity index (χ3n) is 4.79. The number of amides is 2. The molecule has 0 aliphatic heterocycles. The smallest absolute Gasteiger partial charge is 0.264 e. The zero-order valence-corrected chi connectivity index (χ0v) is 19.0. The lowest BCUT2D eigenvalue weighted by Crippen LogP contribution is -2.23. The molecule has 162 valence electrons. The molecule has 3 aromatic rings. The summed E-state index contributed by atoms with van der Waals surface area (Å²) < 4.78 is 5.56. The van der Waals surface area contributed by atoms with E-state index in [2.05, 4.69) is 29.5 Å². The van der Waals surface area contributed by atoms with Crippen LogP contribution in [0.5, 0.6) is 5.75 Å². The Hall–Kier alpha value is -3.19. The van der Waals surface area contributed by atoms with E-state index < -0.39 is 0 Å². The molecule has 1 atom stereocenters. The molecule has 1 heterocycles. The number of hydrogen-bond donors (Lipinski definition) is 2. The van der Waals surface area contributed by atoms with Crippen molar-refractivity contribution >= 4 is 28.3 Å². The van der Waals surface area contributed by atoms with Crippen molar-refractivity contribution < 1.29 is 14.3 Å². The summed E-state index contributed by atoms with van der Waals surface area (Å²) in [7, 11) is 0. The lowest BCUT2D eigenvalue weighted by molar-refractivity contribution is -0.119. The molecular formula is C24H27N3O3S. The van der Waals surface area contributed by atoms with Crippen molar-refractivity contribution in [3.05, 3.63) is 65.0 Å². The summed E-state index contributed by atoms with van der Waals surface area (Å²) in [5.74, 6) is 0.794. The van der Waals surface area contributed by atoms with Gasteiger partial charge < -0.3 is 10.1 Å². The Morgan fingerprint density at radius 1 is 1.00 bits per heavy atom. The summed E-state index contributed by atoms with van der Waals surface area (Å²) in [5.41, 5.74) is 3.97. The number of hydrogen-bond acceptors (Lipinski definition) is 5. The topological polar surface area (TPSA) is 80.3 Å². The minimum Gasteiger partial charge on any atom is -0.484 e. The van der Waals surface area contributed by atoms with Crippen LogP contribution in [0.25, 0.3) is 11.3 Å². The molecule has 7 heteroatoms. The van der Waals surface area contributed by atoms with Gasteiger partial charge in [-0.15, -0.1) is 11.3 Å². The highest BCUT2D eigenvalue weighted by atomic mass is 32.1. The van der Waals surface area contributed by atoms with E-state index in [4.69, 9.17) is 4.74 Å². The summed E-state index contributed by atoms with van der Waals surface area (Å²) in [5, 5.41) is 8.06. The van der Waals surface area contributed by atoms with E-state index in [0.29, 0.717) is 16.8 Å². The van der Waals surface area contributed by atoms with E-state index in [1.54, 1.807) is 0 Å². The molecular weight excluding hydrogens is 410 g/mol. The van der Waals surface area contributed by atoms with Crippen molar-refractivity contribution in [3.8, 4) is 17.0 Å². The molecule has 0 aliphatic carbocycles. The fourth-order valence-corrected chi connectivity index (χ4v) is 3.78. The molecule has 0 aliphatic rings. The van der Waals surface area contributed by atoms with Crippen LogP contribution in [-0.4, -0.2) is 23.4 Å². The number of anilines is 1. The Balaban J connectivity index is 1.54. The highest BCUT2D eigenvalue weighted by Gasteiger charge is 2.11. The maximum Gasteiger partial charge on any atom is 0.264 e. The monoisotopic (exact) mass is 437 g/mol. The van der Waals surface area contributed by atoms with Gasteiger partial charge in [-0.25, -0.2) is 4.98 Å². The van der Waals surface area contributed by atoms with Crippen LogP contribution in [0.3, 0.4) is 0 Å². The zero-order chi connectivity index (χ0) is 22.4. The van der Waals surface area contributed by atoms with Gasteiger partial charge in [0.1, 0.15) is 5.75 Å². The SMILES string of the molecule is CC(=O)NC(C)c1ccc(-c2csc(NC(=O)COc3ccc(C(C)C)cc3)n2)cc1. The van der Waals surface area contributed by atoms with Crippen LogP contribution in [0.2, 0.25) is 0 Å². The van der Waals surface area contributed by atoms with Gasteiger partial charge in [0.2, 0.25) is 5.91 Å². The average molecular weight is 438 g/mol. The number of ether oxygens (including phenoxy) is 1. The first kappa shape index (κ1) is 22.5. The van der Waals surface area contributed by atoms with Gasteiger partial charge in [0.05, 0.1) is 11.7 Å². The summed E-state index contributed by atoms with van der Waals surface area (Å²) in [6, 6.07) is 15.6. The maximum atomic E-state index is 12.2. The van der Waals surface area contributed by atoms with Crippen molar-refractivity contribution in [1.29, 1.82) is 0 Å². The van der Waals surface area contributed by atoms with Gasteiger partial charge >= 0.3 is 0 Å². The van der Waals surface area contributed by atoms with Crippen molar-refractivity contribution in [2.75, 3.05) is 11.9 Å². The number of aromatic nitrogens is 1. The molecule has 0 saturated carbocycles. The van der Waals surface area contributed by atoms with E-state index >= 15 is 0 Å². The van der Waals surface area contributed by atoms with E-state index in [-0.39, 0.29) is 24.5 Å². The first-order valence-corrected chi connectivity index (χ1v) is 11.1. The Morgan fingerprint density at radius 3 is 2.26 bits per heavy atom. The molecule has 1 aromatic heterocycles. The lowest BCUT2D eigenvalue weighted by atomic mass is 10.0.